The number of carbonyl (C=O) groups excluding carboxylic acids is 2. The van der Waals surface area contributed by atoms with E-state index in [0.717, 1.165) is 19.4 Å². The lowest BCUT2D eigenvalue weighted by Gasteiger charge is -2.13. The highest BCUT2D eigenvalue weighted by molar-refractivity contribution is 6.30. The molecule has 0 radical (unpaired) electrons. The van der Waals surface area contributed by atoms with Gasteiger partial charge in [0.1, 0.15) is 5.75 Å². The summed E-state index contributed by atoms with van der Waals surface area (Å²) in [6, 6.07) is 12.0. The SMILES string of the molecule is COc1ccc(Cl)cc1/C=C/C(=O)Nc1ccccc1C(=O)NCC1CCCO1. The van der Waals surface area contributed by atoms with Crippen molar-refractivity contribution in [1.82, 2.24) is 5.32 Å². The van der Waals surface area contributed by atoms with Crippen LogP contribution < -0.4 is 15.4 Å². The molecule has 2 aromatic rings. The Kier molecular flexibility index (Phi) is 7.27. The Morgan fingerprint density at radius 1 is 1.28 bits per heavy atom. The standard InChI is InChI=1S/C22H23ClN2O4/c1-28-20-10-9-16(23)13-15(20)8-11-21(26)25-19-7-3-2-6-18(19)22(27)24-14-17-5-4-12-29-17/h2-3,6-11,13,17H,4-5,12,14H2,1H3,(H,24,27)(H,25,26)/b11-8+. The van der Waals surface area contributed by atoms with E-state index < -0.39 is 0 Å². The zero-order valence-electron chi connectivity index (χ0n) is 16.1. The van der Waals surface area contributed by atoms with E-state index in [0.29, 0.717) is 34.1 Å². The van der Waals surface area contributed by atoms with Gasteiger partial charge in [0.2, 0.25) is 5.91 Å². The molecule has 0 saturated carbocycles. The molecule has 0 bridgehead atoms. The van der Waals surface area contributed by atoms with Crippen molar-refractivity contribution in [2.45, 2.75) is 18.9 Å². The average Bonchev–Trinajstić information content (AvgIpc) is 3.25. The topological polar surface area (TPSA) is 76.7 Å². The van der Waals surface area contributed by atoms with E-state index in [-0.39, 0.29) is 17.9 Å². The van der Waals surface area contributed by atoms with E-state index in [4.69, 9.17) is 21.1 Å². The van der Waals surface area contributed by atoms with Crippen LogP contribution >= 0.6 is 11.6 Å². The minimum atomic E-state index is -0.369. The van der Waals surface area contributed by atoms with Crippen molar-refractivity contribution in [2.75, 3.05) is 25.6 Å². The molecule has 6 nitrogen and oxygen atoms in total. The van der Waals surface area contributed by atoms with Crippen molar-refractivity contribution in [3.63, 3.8) is 0 Å². The molecule has 2 N–H and O–H groups in total. The molecule has 7 heteroatoms. The Labute approximate surface area is 174 Å². The smallest absolute Gasteiger partial charge is 0.253 e. The van der Waals surface area contributed by atoms with Gasteiger partial charge >= 0.3 is 0 Å². The van der Waals surface area contributed by atoms with Crippen LogP contribution in [0.3, 0.4) is 0 Å². The lowest BCUT2D eigenvalue weighted by atomic mass is 10.1. The molecule has 0 aromatic heterocycles. The van der Waals surface area contributed by atoms with E-state index in [9.17, 15) is 9.59 Å². The number of benzene rings is 2. The number of methoxy groups -OCH3 is 1. The van der Waals surface area contributed by atoms with Gasteiger partial charge in [-0.05, 0) is 49.2 Å². The molecular formula is C22H23ClN2O4. The largest absolute Gasteiger partial charge is 0.496 e. The molecule has 29 heavy (non-hydrogen) atoms. The van der Waals surface area contributed by atoms with Crippen molar-refractivity contribution in [3.05, 3.63) is 64.7 Å². The molecule has 0 aliphatic carbocycles. The summed E-state index contributed by atoms with van der Waals surface area (Å²) in [5.41, 5.74) is 1.51. The van der Waals surface area contributed by atoms with Gasteiger partial charge in [-0.25, -0.2) is 0 Å². The van der Waals surface area contributed by atoms with Gasteiger partial charge in [-0.3, -0.25) is 9.59 Å². The van der Waals surface area contributed by atoms with Gasteiger partial charge in [0.05, 0.1) is 24.5 Å². The first-order valence-corrected chi connectivity index (χ1v) is 9.76. The number of halogens is 1. The summed E-state index contributed by atoms with van der Waals surface area (Å²) in [6.07, 6.45) is 4.99. The van der Waals surface area contributed by atoms with Crippen molar-refractivity contribution in [1.29, 1.82) is 0 Å². The van der Waals surface area contributed by atoms with Gasteiger partial charge in [-0.15, -0.1) is 0 Å². The Hall–Kier alpha value is -2.83. The normalized spacial score (nSPS) is 16.0. The molecule has 2 aromatic carbocycles. The number of anilines is 1. The summed E-state index contributed by atoms with van der Waals surface area (Å²) in [7, 11) is 1.55. The van der Waals surface area contributed by atoms with Crippen molar-refractivity contribution >= 4 is 35.2 Å². The number of ether oxygens (including phenoxy) is 2. The Bertz CT molecular complexity index is 907. The highest BCUT2D eigenvalue weighted by Crippen LogP contribution is 2.24. The molecule has 1 aliphatic rings. The van der Waals surface area contributed by atoms with Crippen LogP contribution in [0.2, 0.25) is 5.02 Å². The number of carbonyl (C=O) groups is 2. The van der Waals surface area contributed by atoms with Gasteiger partial charge < -0.3 is 20.1 Å². The first-order chi connectivity index (χ1) is 14.1. The molecule has 2 amide bonds. The minimum absolute atomic E-state index is 0.0521. The molecule has 1 heterocycles. The van der Waals surface area contributed by atoms with Crippen LogP contribution in [0.5, 0.6) is 5.75 Å². The number of hydrogen-bond donors (Lipinski definition) is 2. The summed E-state index contributed by atoms with van der Waals surface area (Å²) in [5, 5.41) is 6.16. The van der Waals surface area contributed by atoms with Crippen LogP contribution in [0.15, 0.2) is 48.5 Å². The van der Waals surface area contributed by atoms with Crippen LogP contribution in [0.4, 0.5) is 5.69 Å². The third-order valence-corrected chi connectivity index (χ3v) is 4.78. The summed E-state index contributed by atoms with van der Waals surface area (Å²) in [6.45, 7) is 1.19. The Morgan fingerprint density at radius 3 is 2.86 bits per heavy atom. The summed E-state index contributed by atoms with van der Waals surface area (Å²) in [4.78, 5) is 24.9. The van der Waals surface area contributed by atoms with Gasteiger partial charge in [-0.1, -0.05) is 23.7 Å². The summed E-state index contributed by atoms with van der Waals surface area (Å²) >= 11 is 6.01. The van der Waals surface area contributed by atoms with Gasteiger partial charge in [-0.2, -0.15) is 0 Å². The second kappa shape index (κ2) is 10.1. The zero-order valence-corrected chi connectivity index (χ0v) is 16.9. The number of hydrogen-bond acceptors (Lipinski definition) is 4. The maximum Gasteiger partial charge on any atom is 0.253 e. The lowest BCUT2D eigenvalue weighted by Crippen LogP contribution is -2.32. The van der Waals surface area contributed by atoms with E-state index in [1.807, 2.05) is 0 Å². The first kappa shape index (κ1) is 20.9. The first-order valence-electron chi connectivity index (χ1n) is 9.38. The van der Waals surface area contributed by atoms with Crippen molar-refractivity contribution in [3.8, 4) is 5.75 Å². The average molecular weight is 415 g/mol. The van der Waals surface area contributed by atoms with Gasteiger partial charge in [0, 0.05) is 29.8 Å². The van der Waals surface area contributed by atoms with Crippen LogP contribution in [0, 0.1) is 0 Å². The molecule has 1 aliphatic heterocycles. The second-order valence-corrected chi connectivity index (χ2v) is 7.04. The fourth-order valence-electron chi connectivity index (χ4n) is 3.07. The van der Waals surface area contributed by atoms with Gasteiger partial charge in [0.25, 0.3) is 5.91 Å². The zero-order chi connectivity index (χ0) is 20.6. The molecule has 3 rings (SSSR count). The molecule has 1 saturated heterocycles. The fraction of sp³-hybridized carbons (Fsp3) is 0.273. The van der Waals surface area contributed by atoms with E-state index in [1.54, 1.807) is 55.7 Å². The molecule has 0 spiro atoms. The van der Waals surface area contributed by atoms with Crippen molar-refractivity contribution in [2.24, 2.45) is 0 Å². The molecule has 1 unspecified atom stereocenters. The predicted molar refractivity (Wildman–Crippen MR) is 113 cm³/mol. The predicted octanol–water partition coefficient (Wildman–Crippen LogP) is 3.91. The van der Waals surface area contributed by atoms with Crippen molar-refractivity contribution < 1.29 is 19.1 Å². The monoisotopic (exact) mass is 414 g/mol. The number of rotatable bonds is 7. The van der Waals surface area contributed by atoms with E-state index in [1.165, 1.54) is 6.08 Å². The third kappa shape index (κ3) is 5.82. The maximum absolute atomic E-state index is 12.5. The molecule has 1 atom stereocenters. The van der Waals surface area contributed by atoms with Gasteiger partial charge in [0.15, 0.2) is 0 Å². The molecule has 1 fully saturated rings. The van der Waals surface area contributed by atoms with E-state index >= 15 is 0 Å². The fourth-order valence-corrected chi connectivity index (χ4v) is 3.25. The third-order valence-electron chi connectivity index (χ3n) is 4.55. The molecular weight excluding hydrogens is 392 g/mol. The summed E-state index contributed by atoms with van der Waals surface area (Å²) in [5.74, 6) is -0.0179. The maximum atomic E-state index is 12.5. The Morgan fingerprint density at radius 2 is 2.10 bits per heavy atom. The van der Waals surface area contributed by atoms with E-state index in [2.05, 4.69) is 10.6 Å². The highest BCUT2D eigenvalue weighted by atomic mass is 35.5. The van der Waals surface area contributed by atoms with Crippen LogP contribution in [0.25, 0.3) is 6.08 Å². The lowest BCUT2D eigenvalue weighted by molar-refractivity contribution is -0.111. The molecule has 152 valence electrons. The minimum Gasteiger partial charge on any atom is -0.496 e. The van der Waals surface area contributed by atoms with Crippen LogP contribution in [0.1, 0.15) is 28.8 Å². The highest BCUT2D eigenvalue weighted by Gasteiger charge is 2.18. The summed E-state index contributed by atoms with van der Waals surface area (Å²) < 4.78 is 10.8. The number of nitrogens with one attached hydrogen (secondary N) is 2. The van der Waals surface area contributed by atoms with Crippen LogP contribution in [-0.2, 0) is 9.53 Å². The number of amides is 2. The quantitative estimate of drug-likeness (QED) is 0.673. The Balaban J connectivity index is 1.66. The van der Waals surface area contributed by atoms with Crippen LogP contribution in [-0.4, -0.2) is 38.2 Å². The number of para-hydroxylation sites is 1. The second-order valence-electron chi connectivity index (χ2n) is 6.60.